The summed E-state index contributed by atoms with van der Waals surface area (Å²) >= 11 is 0. The minimum Gasteiger partial charge on any atom is -0.452 e. The Morgan fingerprint density at radius 3 is 2.26 bits per heavy atom. The number of para-hydroxylation sites is 1. The standard InChI is InChI=1S/C18H21N5O4/c1-9-6-4-5-7-12(9)21-14-11-8-10(13(14)19-20-21)15-16(11)23(18(25)27-3)22(15)17(24)26-2/h4-7,10-11,13-16H,8H2,1-3H3/t10-,11+,13+,14-,15-,16+/m1/s1. The number of methoxy groups -OCH3 is 2. The second-order valence-electron chi connectivity index (χ2n) is 7.49. The number of ether oxygens (including phenoxy) is 2. The Kier molecular flexibility index (Phi) is 3.38. The summed E-state index contributed by atoms with van der Waals surface area (Å²) in [5, 5.41) is 13.8. The largest absolute Gasteiger partial charge is 0.452 e. The molecule has 0 spiro atoms. The van der Waals surface area contributed by atoms with Crippen molar-refractivity contribution in [3.8, 4) is 0 Å². The highest BCUT2D eigenvalue weighted by Gasteiger charge is 2.73. The summed E-state index contributed by atoms with van der Waals surface area (Å²) in [5.41, 5.74) is 2.16. The van der Waals surface area contributed by atoms with Crippen molar-refractivity contribution in [3.63, 3.8) is 0 Å². The Hall–Kier alpha value is -2.84. The van der Waals surface area contributed by atoms with Gasteiger partial charge in [-0.15, -0.1) is 0 Å². The average Bonchev–Trinajstić information content (AvgIpc) is 3.31. The SMILES string of the molecule is COC(=O)N1[C@@H]2[C@@H]3C[C@@H]([C@@H]4[C@H]3N=NN4c3ccccc3C)[C@@H]2N1C(=O)OC. The Balaban J connectivity index is 1.49. The zero-order chi connectivity index (χ0) is 18.9. The van der Waals surface area contributed by atoms with Crippen LogP contribution in [0.15, 0.2) is 34.6 Å². The number of hydrogen-bond donors (Lipinski definition) is 0. The molecule has 0 unspecified atom stereocenters. The average molecular weight is 371 g/mol. The van der Waals surface area contributed by atoms with Crippen LogP contribution in [0.1, 0.15) is 12.0 Å². The topological polar surface area (TPSA) is 87.0 Å². The molecule has 27 heavy (non-hydrogen) atoms. The molecule has 2 amide bonds. The molecular formula is C18H21N5O4. The van der Waals surface area contributed by atoms with Crippen LogP contribution < -0.4 is 5.01 Å². The number of carbonyl (C=O) groups excluding carboxylic acids is 2. The van der Waals surface area contributed by atoms with Gasteiger partial charge in [0.25, 0.3) is 0 Å². The molecule has 2 aliphatic carbocycles. The van der Waals surface area contributed by atoms with Gasteiger partial charge in [-0.05, 0) is 25.0 Å². The van der Waals surface area contributed by atoms with Crippen molar-refractivity contribution in [3.05, 3.63) is 29.8 Å². The number of carbonyl (C=O) groups is 2. The van der Waals surface area contributed by atoms with E-state index >= 15 is 0 Å². The lowest BCUT2D eigenvalue weighted by Gasteiger charge is -2.58. The molecular weight excluding hydrogens is 350 g/mol. The maximum atomic E-state index is 12.3. The van der Waals surface area contributed by atoms with Gasteiger partial charge in [0.2, 0.25) is 0 Å². The van der Waals surface area contributed by atoms with Crippen LogP contribution in [0.25, 0.3) is 0 Å². The van der Waals surface area contributed by atoms with Gasteiger partial charge in [-0.1, -0.05) is 23.4 Å². The zero-order valence-corrected chi connectivity index (χ0v) is 15.3. The first-order valence-corrected chi connectivity index (χ1v) is 9.08. The molecule has 6 atom stereocenters. The van der Waals surface area contributed by atoms with Crippen molar-refractivity contribution in [1.82, 2.24) is 10.0 Å². The maximum absolute atomic E-state index is 12.3. The first-order valence-electron chi connectivity index (χ1n) is 9.08. The second-order valence-corrected chi connectivity index (χ2v) is 7.49. The van der Waals surface area contributed by atoms with E-state index in [4.69, 9.17) is 9.47 Å². The van der Waals surface area contributed by atoms with E-state index in [1.165, 1.54) is 24.2 Å². The lowest BCUT2D eigenvalue weighted by Crippen LogP contribution is -2.78. The van der Waals surface area contributed by atoms with Crippen LogP contribution in [-0.4, -0.2) is 60.6 Å². The summed E-state index contributed by atoms with van der Waals surface area (Å²) < 4.78 is 9.80. The molecule has 9 heteroatoms. The molecule has 0 radical (unpaired) electrons. The van der Waals surface area contributed by atoms with E-state index in [1.807, 2.05) is 23.2 Å². The maximum Gasteiger partial charge on any atom is 0.429 e. The molecule has 5 rings (SSSR count). The van der Waals surface area contributed by atoms with Gasteiger partial charge >= 0.3 is 12.2 Å². The van der Waals surface area contributed by atoms with Crippen molar-refractivity contribution in [1.29, 1.82) is 0 Å². The molecule has 1 aromatic rings. The van der Waals surface area contributed by atoms with Crippen LogP contribution in [0.3, 0.4) is 0 Å². The Labute approximate surface area is 156 Å². The molecule has 2 aliphatic heterocycles. The van der Waals surface area contributed by atoms with Crippen molar-refractivity contribution < 1.29 is 19.1 Å². The Bertz CT molecular complexity index is 845. The monoisotopic (exact) mass is 371 g/mol. The highest BCUT2D eigenvalue weighted by atomic mass is 16.6. The highest BCUT2D eigenvalue weighted by Crippen LogP contribution is 2.59. The molecule has 4 aliphatic rings. The van der Waals surface area contributed by atoms with Crippen LogP contribution >= 0.6 is 0 Å². The summed E-state index contributed by atoms with van der Waals surface area (Å²) in [7, 11) is 2.64. The number of hydrazine groups is 1. The fourth-order valence-corrected chi connectivity index (χ4v) is 5.45. The summed E-state index contributed by atoms with van der Waals surface area (Å²) in [5.74, 6) is 0.322. The van der Waals surface area contributed by atoms with Crippen molar-refractivity contribution in [2.24, 2.45) is 22.2 Å². The minimum absolute atomic E-state index is 0.0165. The fourth-order valence-electron chi connectivity index (χ4n) is 5.45. The van der Waals surface area contributed by atoms with Gasteiger partial charge in [0.15, 0.2) is 0 Å². The normalized spacial score (nSPS) is 35.0. The fraction of sp³-hybridized carbons (Fsp3) is 0.556. The van der Waals surface area contributed by atoms with Gasteiger partial charge in [0, 0.05) is 11.8 Å². The summed E-state index contributed by atoms with van der Waals surface area (Å²) in [6, 6.07) is 7.99. The van der Waals surface area contributed by atoms with E-state index in [1.54, 1.807) is 0 Å². The van der Waals surface area contributed by atoms with Crippen molar-refractivity contribution >= 4 is 17.9 Å². The van der Waals surface area contributed by atoms with E-state index in [9.17, 15) is 9.59 Å². The molecule has 2 bridgehead atoms. The van der Waals surface area contributed by atoms with E-state index in [2.05, 4.69) is 23.3 Å². The van der Waals surface area contributed by atoms with Crippen LogP contribution in [0.5, 0.6) is 0 Å². The lowest BCUT2D eigenvalue weighted by molar-refractivity contribution is -0.181. The van der Waals surface area contributed by atoms with Gasteiger partial charge in [0.1, 0.15) is 6.04 Å². The predicted molar refractivity (Wildman–Crippen MR) is 93.8 cm³/mol. The number of benzene rings is 1. The van der Waals surface area contributed by atoms with Crippen molar-refractivity contribution in [2.75, 3.05) is 19.2 Å². The van der Waals surface area contributed by atoms with E-state index in [0.29, 0.717) is 0 Å². The van der Waals surface area contributed by atoms with Gasteiger partial charge in [-0.3, -0.25) is 0 Å². The van der Waals surface area contributed by atoms with E-state index in [0.717, 1.165) is 17.7 Å². The van der Waals surface area contributed by atoms with E-state index in [-0.39, 0.29) is 36.0 Å². The summed E-state index contributed by atoms with van der Waals surface area (Å²) in [4.78, 5) is 24.6. The number of anilines is 1. The molecule has 1 saturated heterocycles. The Morgan fingerprint density at radius 2 is 1.63 bits per heavy atom. The molecule has 0 aromatic heterocycles. The quantitative estimate of drug-likeness (QED) is 0.756. The van der Waals surface area contributed by atoms with Gasteiger partial charge in [-0.25, -0.2) is 24.6 Å². The number of fused-ring (bicyclic) bond motifs is 8. The third-order valence-corrected chi connectivity index (χ3v) is 6.45. The molecule has 9 nitrogen and oxygen atoms in total. The van der Waals surface area contributed by atoms with Crippen LogP contribution in [0, 0.1) is 18.8 Å². The minimum atomic E-state index is -0.545. The second kappa shape index (κ2) is 5.58. The van der Waals surface area contributed by atoms with Crippen molar-refractivity contribution in [2.45, 2.75) is 37.5 Å². The van der Waals surface area contributed by atoms with Gasteiger partial charge in [-0.2, -0.15) is 5.11 Å². The number of hydrogen-bond acceptors (Lipinski definition) is 7. The predicted octanol–water partition coefficient (Wildman–Crippen LogP) is 2.37. The lowest BCUT2D eigenvalue weighted by atomic mass is 9.79. The zero-order valence-electron chi connectivity index (χ0n) is 15.3. The first kappa shape index (κ1) is 16.3. The van der Waals surface area contributed by atoms with Crippen LogP contribution in [0.2, 0.25) is 0 Å². The molecule has 3 fully saturated rings. The molecule has 2 heterocycles. The van der Waals surface area contributed by atoms with Gasteiger partial charge < -0.3 is 9.47 Å². The van der Waals surface area contributed by atoms with Crippen LogP contribution in [-0.2, 0) is 9.47 Å². The summed E-state index contributed by atoms with van der Waals surface area (Å²) in [6.07, 6.45) is -0.191. The first-order chi connectivity index (χ1) is 13.1. The number of amides is 2. The number of aryl methyl sites for hydroxylation is 1. The third-order valence-electron chi connectivity index (χ3n) is 6.45. The number of nitrogens with zero attached hydrogens (tertiary/aromatic N) is 5. The van der Waals surface area contributed by atoms with Crippen LogP contribution in [0.4, 0.5) is 15.3 Å². The summed E-state index contributed by atoms with van der Waals surface area (Å²) in [6.45, 7) is 2.05. The number of rotatable bonds is 1. The molecule has 142 valence electrons. The highest BCUT2D eigenvalue weighted by molar-refractivity contribution is 5.77. The third kappa shape index (κ3) is 1.94. The molecule has 1 aromatic carbocycles. The van der Waals surface area contributed by atoms with Gasteiger partial charge in [0.05, 0.1) is 38.0 Å². The van der Waals surface area contributed by atoms with E-state index < -0.39 is 12.2 Å². The molecule has 0 N–H and O–H groups in total. The molecule has 2 saturated carbocycles. The Morgan fingerprint density at radius 1 is 1.00 bits per heavy atom. The smallest absolute Gasteiger partial charge is 0.429 e.